The van der Waals surface area contributed by atoms with Gasteiger partial charge in [-0.2, -0.15) is 0 Å². The summed E-state index contributed by atoms with van der Waals surface area (Å²) in [5.74, 6) is 0.739. The Hall–Kier alpha value is -4.08. The number of hydrogen-bond donors (Lipinski definition) is 3. The molecular formula is C39H41Cl2N3O4S. The minimum atomic E-state index is -2.44. The van der Waals surface area contributed by atoms with Crippen LogP contribution >= 0.6 is 23.2 Å². The normalized spacial score (nSPS) is 15.4. The van der Waals surface area contributed by atoms with Crippen LogP contribution in [0.15, 0.2) is 103 Å². The first-order valence-electron chi connectivity index (χ1n) is 16.3. The van der Waals surface area contributed by atoms with Gasteiger partial charge in [-0.1, -0.05) is 91.0 Å². The summed E-state index contributed by atoms with van der Waals surface area (Å²) in [5.41, 5.74) is 17.3. The average Bonchev–Trinajstić information content (AvgIpc) is 3.09. The number of carbonyl (C=O) groups excluding carboxylic acids is 1. The highest BCUT2D eigenvalue weighted by Gasteiger charge is 2.19. The first kappa shape index (κ1) is 36.2. The summed E-state index contributed by atoms with van der Waals surface area (Å²) in [7, 11) is 0. The van der Waals surface area contributed by atoms with Gasteiger partial charge in [0.25, 0.3) is 0 Å². The Kier molecular flexibility index (Phi) is 12.6. The number of nitrogens with zero attached hydrogens (tertiary/aromatic N) is 1. The molecule has 1 fully saturated rings. The first-order chi connectivity index (χ1) is 23.6. The van der Waals surface area contributed by atoms with Crippen LogP contribution in [0.4, 0.5) is 5.69 Å². The summed E-state index contributed by atoms with van der Waals surface area (Å²) < 4.78 is 28.1. The molecular weight excluding hydrogens is 677 g/mol. The summed E-state index contributed by atoms with van der Waals surface area (Å²) in [4.78, 5) is 13.5. The Morgan fingerprint density at radius 1 is 0.959 bits per heavy atom. The average molecular weight is 719 g/mol. The molecule has 10 heteroatoms. The molecule has 0 spiro atoms. The number of benzene rings is 4. The zero-order chi connectivity index (χ0) is 34.9. The molecule has 2 atom stereocenters. The van der Waals surface area contributed by atoms with Gasteiger partial charge >= 0.3 is 0 Å². The fourth-order valence-corrected chi connectivity index (χ4v) is 7.23. The molecule has 256 valence electrons. The smallest absolute Gasteiger partial charge is 0.242 e. The van der Waals surface area contributed by atoms with Crippen LogP contribution in [0.2, 0.25) is 10.0 Å². The molecule has 5 rings (SSSR count). The molecule has 0 radical (unpaired) electrons. The van der Waals surface area contributed by atoms with Gasteiger partial charge in [0.15, 0.2) is 11.1 Å². The van der Waals surface area contributed by atoms with Gasteiger partial charge < -0.3 is 25.7 Å². The van der Waals surface area contributed by atoms with E-state index in [2.05, 4.69) is 43.3 Å². The maximum atomic E-state index is 12.1. The van der Waals surface area contributed by atoms with Gasteiger partial charge in [-0.05, 0) is 96.8 Å². The van der Waals surface area contributed by atoms with Crippen molar-refractivity contribution < 1.29 is 18.3 Å². The van der Waals surface area contributed by atoms with Crippen molar-refractivity contribution in [3.05, 3.63) is 130 Å². The number of hydrogen-bond acceptors (Lipinski definition) is 5. The van der Waals surface area contributed by atoms with Crippen LogP contribution in [0.1, 0.15) is 55.7 Å². The molecule has 0 bridgehead atoms. The van der Waals surface area contributed by atoms with E-state index in [4.69, 9.17) is 39.4 Å². The fourth-order valence-electron chi connectivity index (χ4n) is 6.17. The van der Waals surface area contributed by atoms with E-state index in [1.165, 1.54) is 32.1 Å². The number of halogens is 2. The van der Waals surface area contributed by atoms with E-state index in [-0.39, 0.29) is 10.9 Å². The number of ether oxygens (including phenoxy) is 1. The molecule has 0 heterocycles. The van der Waals surface area contributed by atoms with Crippen molar-refractivity contribution in [3.63, 3.8) is 0 Å². The lowest BCUT2D eigenvalue weighted by Gasteiger charge is -2.29. The lowest BCUT2D eigenvalue weighted by atomic mass is 9.90. The minimum absolute atomic E-state index is 0.0981. The van der Waals surface area contributed by atoms with Crippen LogP contribution < -0.4 is 21.1 Å². The SMILES string of the molecule is CC(Cc1ccc(-c2ccc(OCC3CCCCC3)cc2)cc1)N(/C=C(\N)c1ccc(Cl)cc1Cl)c1cccc(/C(=C/C(N)=O)S(=O)O)c1. The van der Waals surface area contributed by atoms with Crippen molar-refractivity contribution in [2.24, 2.45) is 17.4 Å². The molecule has 5 N–H and O–H groups in total. The Balaban J connectivity index is 1.37. The quantitative estimate of drug-likeness (QED) is 0.0938. The molecule has 0 aromatic heterocycles. The van der Waals surface area contributed by atoms with Crippen molar-refractivity contribution in [1.82, 2.24) is 0 Å². The monoisotopic (exact) mass is 717 g/mol. The molecule has 4 aromatic carbocycles. The number of anilines is 1. The number of carbonyl (C=O) groups is 1. The Bertz CT molecular complexity index is 1840. The lowest BCUT2D eigenvalue weighted by Crippen LogP contribution is -2.31. The molecule has 1 saturated carbocycles. The summed E-state index contributed by atoms with van der Waals surface area (Å²) >= 11 is 10.2. The van der Waals surface area contributed by atoms with Crippen molar-refractivity contribution in [2.75, 3.05) is 11.5 Å². The van der Waals surface area contributed by atoms with E-state index in [0.29, 0.717) is 44.9 Å². The second-order valence-corrected chi connectivity index (χ2v) is 14.2. The van der Waals surface area contributed by atoms with E-state index in [9.17, 15) is 13.6 Å². The van der Waals surface area contributed by atoms with Crippen LogP contribution in [-0.4, -0.2) is 27.3 Å². The summed E-state index contributed by atoms with van der Waals surface area (Å²) in [5, 5.41) is 0.900. The van der Waals surface area contributed by atoms with E-state index < -0.39 is 17.0 Å². The van der Waals surface area contributed by atoms with Gasteiger partial charge in [0.05, 0.1) is 22.2 Å². The maximum Gasteiger partial charge on any atom is 0.242 e. The molecule has 4 aromatic rings. The van der Waals surface area contributed by atoms with Gasteiger partial charge in [0.1, 0.15) is 5.75 Å². The van der Waals surface area contributed by atoms with Crippen LogP contribution in [0, 0.1) is 5.92 Å². The predicted molar refractivity (Wildman–Crippen MR) is 203 cm³/mol. The van der Waals surface area contributed by atoms with Crippen LogP contribution in [0.5, 0.6) is 5.75 Å². The zero-order valence-electron chi connectivity index (χ0n) is 27.4. The second kappa shape index (κ2) is 17.0. The number of rotatable bonds is 13. The van der Waals surface area contributed by atoms with Gasteiger partial charge in [-0.15, -0.1) is 0 Å². The zero-order valence-corrected chi connectivity index (χ0v) is 29.7. The van der Waals surface area contributed by atoms with Gasteiger partial charge in [0, 0.05) is 34.6 Å². The Morgan fingerprint density at radius 2 is 1.63 bits per heavy atom. The summed E-state index contributed by atoms with van der Waals surface area (Å²) in [6.45, 7) is 2.84. The molecule has 7 nitrogen and oxygen atoms in total. The lowest BCUT2D eigenvalue weighted by molar-refractivity contribution is -0.113. The maximum absolute atomic E-state index is 12.1. The van der Waals surface area contributed by atoms with Crippen molar-refractivity contribution in [2.45, 2.75) is 51.5 Å². The van der Waals surface area contributed by atoms with Crippen molar-refractivity contribution in [1.29, 1.82) is 0 Å². The summed E-state index contributed by atoms with van der Waals surface area (Å²) in [6, 6.07) is 28.7. The molecule has 1 amide bonds. The third kappa shape index (κ3) is 9.98. The molecule has 0 saturated heterocycles. The van der Waals surface area contributed by atoms with Gasteiger partial charge in [-0.3, -0.25) is 4.79 Å². The third-order valence-corrected chi connectivity index (χ3v) is 10.0. The van der Waals surface area contributed by atoms with E-state index in [0.717, 1.165) is 35.1 Å². The minimum Gasteiger partial charge on any atom is -0.493 e. The predicted octanol–water partition coefficient (Wildman–Crippen LogP) is 9.06. The topological polar surface area (TPSA) is 119 Å². The number of nitrogens with two attached hydrogens (primary N) is 2. The van der Waals surface area contributed by atoms with Crippen LogP contribution in [0.25, 0.3) is 21.7 Å². The van der Waals surface area contributed by atoms with E-state index in [1.807, 2.05) is 23.1 Å². The van der Waals surface area contributed by atoms with Crippen LogP contribution in [0.3, 0.4) is 0 Å². The van der Waals surface area contributed by atoms with Crippen molar-refractivity contribution >= 4 is 56.5 Å². The highest BCUT2D eigenvalue weighted by Crippen LogP contribution is 2.31. The molecule has 49 heavy (non-hydrogen) atoms. The Morgan fingerprint density at radius 3 is 2.27 bits per heavy atom. The van der Waals surface area contributed by atoms with E-state index >= 15 is 0 Å². The molecule has 2 unspecified atom stereocenters. The molecule has 1 aliphatic rings. The fraction of sp³-hybridized carbons (Fsp3) is 0.256. The van der Waals surface area contributed by atoms with Crippen molar-refractivity contribution in [3.8, 4) is 16.9 Å². The van der Waals surface area contributed by atoms with E-state index in [1.54, 1.807) is 42.6 Å². The van der Waals surface area contributed by atoms with Gasteiger partial charge in [0.2, 0.25) is 5.91 Å². The Labute approximate surface area is 300 Å². The highest BCUT2D eigenvalue weighted by molar-refractivity contribution is 7.89. The summed E-state index contributed by atoms with van der Waals surface area (Å²) in [6.07, 6.45) is 9.87. The largest absolute Gasteiger partial charge is 0.493 e. The van der Waals surface area contributed by atoms with Gasteiger partial charge in [-0.25, -0.2) is 4.21 Å². The highest BCUT2D eigenvalue weighted by atomic mass is 35.5. The van der Waals surface area contributed by atoms with Crippen LogP contribution in [-0.2, 0) is 22.3 Å². The number of amides is 1. The molecule has 1 aliphatic carbocycles. The standard InChI is InChI=1S/C39H41Cl2N3O4S/c1-26(20-27-10-12-29(13-11-27)30-14-17-34(18-15-30)48-25-28-6-3-2-4-7-28)44(24-37(42)35-19-16-32(40)22-36(35)41)33-9-5-8-31(21-33)38(49(46)47)23-39(43)45/h5,8-19,21-24,26,28H,2-4,6-7,20,25,42H2,1H3,(H2,43,45)(H,46,47)/b37-24-,38-23-. The third-order valence-electron chi connectivity index (χ3n) is 8.77. The number of primary amides is 1. The molecule has 0 aliphatic heterocycles. The second-order valence-electron chi connectivity index (χ2n) is 12.4. The first-order valence-corrected chi connectivity index (χ1v) is 18.2.